The molecule has 1 aromatic carbocycles. The summed E-state index contributed by atoms with van der Waals surface area (Å²) in [6.07, 6.45) is 0.284. The number of thiophene rings is 1. The van der Waals surface area contributed by atoms with Crippen LogP contribution in [0.3, 0.4) is 0 Å². The third-order valence-corrected chi connectivity index (χ3v) is 5.48. The lowest BCUT2D eigenvalue weighted by Gasteiger charge is -2.05. The number of amides is 1. The van der Waals surface area contributed by atoms with Gasteiger partial charge in [0, 0.05) is 11.9 Å². The van der Waals surface area contributed by atoms with Gasteiger partial charge in [0.15, 0.2) is 11.5 Å². The van der Waals surface area contributed by atoms with Crippen LogP contribution in [0.25, 0.3) is 9.88 Å². The van der Waals surface area contributed by atoms with E-state index in [9.17, 15) is 4.79 Å². The summed E-state index contributed by atoms with van der Waals surface area (Å²) >= 11 is 3.22. The SMILES string of the molecule is O=C(Cc1csc(-c2cccs2)n1)NCc1ccc2c(c1)OCO2. The molecular weight excluding hydrogens is 344 g/mol. The second-order valence-electron chi connectivity index (χ2n) is 5.26. The number of nitrogens with zero attached hydrogens (tertiary/aromatic N) is 1. The van der Waals surface area contributed by atoms with Crippen molar-refractivity contribution in [1.82, 2.24) is 10.3 Å². The fraction of sp³-hybridized carbons (Fsp3) is 0.176. The molecule has 2 aromatic heterocycles. The normalized spacial score (nSPS) is 12.3. The van der Waals surface area contributed by atoms with Gasteiger partial charge in [0.2, 0.25) is 12.7 Å². The maximum Gasteiger partial charge on any atom is 0.231 e. The number of carbonyl (C=O) groups excluding carboxylic acids is 1. The number of nitrogens with one attached hydrogen (secondary N) is 1. The highest BCUT2D eigenvalue weighted by Crippen LogP contribution is 2.32. The van der Waals surface area contributed by atoms with Crippen molar-refractivity contribution in [1.29, 1.82) is 0 Å². The van der Waals surface area contributed by atoms with Crippen molar-refractivity contribution in [2.75, 3.05) is 6.79 Å². The van der Waals surface area contributed by atoms with Gasteiger partial charge in [-0.2, -0.15) is 0 Å². The van der Waals surface area contributed by atoms with Crippen LogP contribution in [0, 0.1) is 0 Å². The quantitative estimate of drug-likeness (QED) is 0.759. The number of hydrogen-bond donors (Lipinski definition) is 1. The third-order valence-electron chi connectivity index (χ3n) is 3.55. The maximum absolute atomic E-state index is 12.1. The minimum absolute atomic E-state index is 0.0457. The summed E-state index contributed by atoms with van der Waals surface area (Å²) in [4.78, 5) is 17.8. The minimum Gasteiger partial charge on any atom is -0.454 e. The number of ether oxygens (including phenoxy) is 2. The van der Waals surface area contributed by atoms with Gasteiger partial charge >= 0.3 is 0 Å². The first-order valence-corrected chi connectivity index (χ1v) is 9.17. The number of hydrogen-bond acceptors (Lipinski definition) is 6. The van der Waals surface area contributed by atoms with Gasteiger partial charge in [0.05, 0.1) is 17.0 Å². The Morgan fingerprint density at radius 1 is 1.21 bits per heavy atom. The molecule has 122 valence electrons. The van der Waals surface area contributed by atoms with E-state index in [0.29, 0.717) is 6.54 Å². The highest BCUT2D eigenvalue weighted by Gasteiger charge is 2.14. The van der Waals surface area contributed by atoms with Gasteiger partial charge in [-0.15, -0.1) is 22.7 Å². The van der Waals surface area contributed by atoms with Crippen molar-refractivity contribution in [3.63, 3.8) is 0 Å². The first-order chi connectivity index (χ1) is 11.8. The molecule has 0 radical (unpaired) electrons. The van der Waals surface area contributed by atoms with E-state index < -0.39 is 0 Å². The standard InChI is InChI=1S/C17H14N2O3S2/c20-16(7-12-9-24-17(19-12)15-2-1-5-23-15)18-8-11-3-4-13-14(6-11)22-10-21-13/h1-6,9H,7-8,10H2,(H,18,20). The van der Waals surface area contributed by atoms with Gasteiger partial charge in [-0.05, 0) is 29.1 Å². The Labute approximate surface area is 146 Å². The molecule has 0 unspecified atom stereocenters. The van der Waals surface area contributed by atoms with Crippen molar-refractivity contribution >= 4 is 28.6 Å². The Hall–Kier alpha value is -2.38. The zero-order valence-corrected chi connectivity index (χ0v) is 14.3. The molecule has 0 bridgehead atoms. The summed E-state index contributed by atoms with van der Waals surface area (Å²) in [6, 6.07) is 9.70. The Morgan fingerprint density at radius 3 is 3.00 bits per heavy atom. The molecule has 4 rings (SSSR count). The van der Waals surface area contributed by atoms with Crippen LogP contribution in [0.2, 0.25) is 0 Å². The monoisotopic (exact) mass is 358 g/mol. The molecule has 0 spiro atoms. The average molecular weight is 358 g/mol. The average Bonchev–Trinajstić information content (AvgIpc) is 3.32. The molecule has 24 heavy (non-hydrogen) atoms. The smallest absolute Gasteiger partial charge is 0.231 e. The zero-order valence-electron chi connectivity index (χ0n) is 12.7. The first kappa shape index (κ1) is 15.2. The lowest BCUT2D eigenvalue weighted by Crippen LogP contribution is -2.24. The van der Waals surface area contributed by atoms with Crippen LogP contribution in [0.1, 0.15) is 11.3 Å². The van der Waals surface area contributed by atoms with Crippen molar-refractivity contribution in [3.8, 4) is 21.4 Å². The highest BCUT2D eigenvalue weighted by atomic mass is 32.1. The Kier molecular flexibility index (Phi) is 4.18. The van der Waals surface area contributed by atoms with E-state index >= 15 is 0 Å². The Balaban J connectivity index is 1.34. The summed E-state index contributed by atoms with van der Waals surface area (Å²) < 4.78 is 10.6. The van der Waals surface area contributed by atoms with Gasteiger partial charge in [0.25, 0.3) is 0 Å². The van der Waals surface area contributed by atoms with Crippen LogP contribution < -0.4 is 14.8 Å². The summed E-state index contributed by atoms with van der Waals surface area (Å²) in [6.45, 7) is 0.707. The lowest BCUT2D eigenvalue weighted by atomic mass is 10.2. The third kappa shape index (κ3) is 3.27. The summed E-state index contributed by atoms with van der Waals surface area (Å²) in [5, 5.41) is 7.84. The molecule has 0 fully saturated rings. The summed E-state index contributed by atoms with van der Waals surface area (Å²) in [5.41, 5.74) is 1.77. The van der Waals surface area contributed by atoms with Crippen LogP contribution in [0.15, 0.2) is 41.1 Å². The predicted octanol–water partition coefficient (Wildman–Crippen LogP) is 3.46. The number of fused-ring (bicyclic) bond motifs is 1. The fourth-order valence-electron chi connectivity index (χ4n) is 2.38. The topological polar surface area (TPSA) is 60.5 Å². The van der Waals surface area contributed by atoms with E-state index in [0.717, 1.165) is 32.6 Å². The molecule has 1 amide bonds. The van der Waals surface area contributed by atoms with Crippen LogP contribution in [-0.2, 0) is 17.8 Å². The number of benzene rings is 1. The summed E-state index contributed by atoms with van der Waals surface area (Å²) in [7, 11) is 0. The summed E-state index contributed by atoms with van der Waals surface area (Å²) in [5.74, 6) is 1.42. The van der Waals surface area contributed by atoms with E-state index in [2.05, 4.69) is 10.3 Å². The van der Waals surface area contributed by atoms with E-state index in [1.807, 2.05) is 41.1 Å². The van der Waals surface area contributed by atoms with Crippen molar-refractivity contribution in [2.45, 2.75) is 13.0 Å². The molecule has 5 nitrogen and oxygen atoms in total. The van der Waals surface area contributed by atoms with E-state index in [4.69, 9.17) is 9.47 Å². The maximum atomic E-state index is 12.1. The van der Waals surface area contributed by atoms with Crippen molar-refractivity contribution in [2.24, 2.45) is 0 Å². The Bertz CT molecular complexity index is 859. The van der Waals surface area contributed by atoms with Crippen molar-refractivity contribution < 1.29 is 14.3 Å². The molecule has 1 N–H and O–H groups in total. The van der Waals surface area contributed by atoms with Crippen LogP contribution in [-0.4, -0.2) is 17.7 Å². The van der Waals surface area contributed by atoms with Crippen molar-refractivity contribution in [3.05, 3.63) is 52.3 Å². The number of carbonyl (C=O) groups is 1. The first-order valence-electron chi connectivity index (χ1n) is 7.41. The van der Waals surface area contributed by atoms with Gasteiger partial charge in [-0.3, -0.25) is 4.79 Å². The van der Waals surface area contributed by atoms with E-state index in [1.165, 1.54) is 0 Å². The van der Waals surface area contributed by atoms with Crippen LogP contribution in [0.4, 0.5) is 0 Å². The van der Waals surface area contributed by atoms with Gasteiger partial charge in [0.1, 0.15) is 5.01 Å². The molecule has 0 saturated heterocycles. The molecule has 1 aliphatic rings. The van der Waals surface area contributed by atoms with E-state index in [-0.39, 0.29) is 19.1 Å². The van der Waals surface area contributed by atoms with Crippen LogP contribution >= 0.6 is 22.7 Å². The molecule has 3 aromatic rings. The highest BCUT2D eigenvalue weighted by molar-refractivity contribution is 7.20. The van der Waals surface area contributed by atoms with E-state index in [1.54, 1.807) is 22.7 Å². The molecule has 0 saturated carbocycles. The van der Waals surface area contributed by atoms with Gasteiger partial charge < -0.3 is 14.8 Å². The molecule has 3 heterocycles. The minimum atomic E-state index is -0.0457. The number of aromatic nitrogens is 1. The molecular formula is C17H14N2O3S2. The lowest BCUT2D eigenvalue weighted by molar-refractivity contribution is -0.120. The predicted molar refractivity (Wildman–Crippen MR) is 93.5 cm³/mol. The fourth-order valence-corrected chi connectivity index (χ4v) is 4.01. The Morgan fingerprint density at radius 2 is 2.12 bits per heavy atom. The molecule has 0 aliphatic carbocycles. The zero-order chi connectivity index (χ0) is 16.4. The number of rotatable bonds is 5. The molecule has 1 aliphatic heterocycles. The molecule has 0 atom stereocenters. The second-order valence-corrected chi connectivity index (χ2v) is 7.07. The second kappa shape index (κ2) is 6.62. The number of thiazole rings is 1. The van der Waals surface area contributed by atoms with Gasteiger partial charge in [-0.1, -0.05) is 12.1 Å². The van der Waals surface area contributed by atoms with Gasteiger partial charge in [-0.25, -0.2) is 4.98 Å². The molecule has 7 heteroatoms. The van der Waals surface area contributed by atoms with Crippen LogP contribution in [0.5, 0.6) is 11.5 Å². The largest absolute Gasteiger partial charge is 0.454 e.